The van der Waals surface area contributed by atoms with Crippen molar-refractivity contribution in [1.29, 1.82) is 0 Å². The standard InChI is InChI=1S/C11H11ClO2/c1-3-11(2,10(13)14)8-4-6-9(12)7-5-8/h3-7H,1H2,2H3,(H,13,14)/t11-/m0/s1. The van der Waals surface area contributed by atoms with Crippen LogP contribution in [0.3, 0.4) is 0 Å². The first-order chi connectivity index (χ1) is 6.50. The van der Waals surface area contributed by atoms with Crippen molar-refractivity contribution in [3.63, 3.8) is 0 Å². The Morgan fingerprint density at radius 1 is 1.50 bits per heavy atom. The Bertz CT molecular complexity index is 356. The summed E-state index contributed by atoms with van der Waals surface area (Å²) in [6.45, 7) is 5.14. The molecule has 1 aromatic rings. The first-order valence-corrected chi connectivity index (χ1v) is 4.51. The normalized spacial score (nSPS) is 14.4. The van der Waals surface area contributed by atoms with E-state index in [4.69, 9.17) is 16.7 Å². The van der Waals surface area contributed by atoms with E-state index in [0.29, 0.717) is 10.6 Å². The quantitative estimate of drug-likeness (QED) is 0.779. The van der Waals surface area contributed by atoms with Crippen molar-refractivity contribution < 1.29 is 9.90 Å². The Kier molecular flexibility index (Phi) is 2.96. The van der Waals surface area contributed by atoms with E-state index in [9.17, 15) is 4.79 Å². The smallest absolute Gasteiger partial charge is 0.317 e. The molecular weight excluding hydrogens is 200 g/mol. The fourth-order valence-electron chi connectivity index (χ4n) is 1.12. The van der Waals surface area contributed by atoms with E-state index < -0.39 is 11.4 Å². The molecule has 1 rings (SSSR count). The van der Waals surface area contributed by atoms with Gasteiger partial charge in [-0.05, 0) is 24.6 Å². The van der Waals surface area contributed by atoms with Crippen LogP contribution < -0.4 is 0 Å². The van der Waals surface area contributed by atoms with Gasteiger partial charge < -0.3 is 5.11 Å². The lowest BCUT2D eigenvalue weighted by Crippen LogP contribution is -2.29. The minimum absolute atomic E-state index is 0.588. The molecule has 1 atom stereocenters. The number of benzene rings is 1. The summed E-state index contributed by atoms with van der Waals surface area (Å²) in [6, 6.07) is 6.72. The van der Waals surface area contributed by atoms with Gasteiger partial charge in [0, 0.05) is 5.02 Å². The third kappa shape index (κ3) is 1.80. The van der Waals surface area contributed by atoms with E-state index in [1.807, 2.05) is 0 Å². The maximum atomic E-state index is 11.0. The second-order valence-corrected chi connectivity index (χ2v) is 3.65. The highest BCUT2D eigenvalue weighted by Gasteiger charge is 2.31. The SMILES string of the molecule is C=C[C@](C)(C(=O)O)c1ccc(Cl)cc1. The summed E-state index contributed by atoms with van der Waals surface area (Å²) >= 11 is 5.71. The molecule has 1 N–H and O–H groups in total. The molecule has 0 aromatic heterocycles. The van der Waals surface area contributed by atoms with Crippen molar-refractivity contribution in [2.24, 2.45) is 0 Å². The number of aliphatic carboxylic acids is 1. The molecule has 0 aliphatic heterocycles. The predicted molar refractivity (Wildman–Crippen MR) is 56.6 cm³/mol. The van der Waals surface area contributed by atoms with E-state index in [-0.39, 0.29) is 0 Å². The number of hydrogen-bond donors (Lipinski definition) is 1. The van der Waals surface area contributed by atoms with E-state index in [2.05, 4.69) is 6.58 Å². The van der Waals surface area contributed by atoms with Gasteiger partial charge in [-0.2, -0.15) is 0 Å². The molecule has 0 spiro atoms. The van der Waals surface area contributed by atoms with Crippen LogP contribution in [0.25, 0.3) is 0 Å². The van der Waals surface area contributed by atoms with Crippen molar-refractivity contribution >= 4 is 17.6 Å². The van der Waals surface area contributed by atoms with Gasteiger partial charge in [-0.25, -0.2) is 0 Å². The van der Waals surface area contributed by atoms with Crippen LogP contribution in [0, 0.1) is 0 Å². The van der Waals surface area contributed by atoms with Gasteiger partial charge in [0.2, 0.25) is 0 Å². The molecule has 2 nitrogen and oxygen atoms in total. The average Bonchev–Trinajstić information content (AvgIpc) is 2.17. The van der Waals surface area contributed by atoms with Gasteiger partial charge in [0.15, 0.2) is 0 Å². The van der Waals surface area contributed by atoms with Gasteiger partial charge in [-0.1, -0.05) is 29.8 Å². The molecule has 0 bridgehead atoms. The Labute approximate surface area is 87.8 Å². The molecule has 0 saturated heterocycles. The summed E-state index contributed by atoms with van der Waals surface area (Å²) < 4.78 is 0. The Morgan fingerprint density at radius 2 is 2.00 bits per heavy atom. The number of carboxylic acids is 1. The Hall–Kier alpha value is -1.28. The van der Waals surface area contributed by atoms with Crippen molar-refractivity contribution in [3.8, 4) is 0 Å². The zero-order chi connectivity index (χ0) is 10.8. The van der Waals surface area contributed by atoms with Crippen LogP contribution in [-0.4, -0.2) is 11.1 Å². The van der Waals surface area contributed by atoms with Crippen LogP contribution >= 0.6 is 11.6 Å². The molecular formula is C11H11ClO2. The van der Waals surface area contributed by atoms with Crippen molar-refractivity contribution in [2.75, 3.05) is 0 Å². The van der Waals surface area contributed by atoms with Crippen LogP contribution in [0.2, 0.25) is 5.02 Å². The highest BCUT2D eigenvalue weighted by atomic mass is 35.5. The van der Waals surface area contributed by atoms with Crippen LogP contribution in [0.5, 0.6) is 0 Å². The molecule has 0 aliphatic carbocycles. The van der Waals surface area contributed by atoms with Crippen molar-refractivity contribution in [1.82, 2.24) is 0 Å². The van der Waals surface area contributed by atoms with E-state index in [1.54, 1.807) is 31.2 Å². The number of carboxylic acid groups (broad SMARTS) is 1. The van der Waals surface area contributed by atoms with Crippen LogP contribution in [-0.2, 0) is 10.2 Å². The second-order valence-electron chi connectivity index (χ2n) is 3.22. The average molecular weight is 211 g/mol. The van der Waals surface area contributed by atoms with Gasteiger partial charge in [0.25, 0.3) is 0 Å². The minimum Gasteiger partial charge on any atom is -0.480 e. The molecule has 0 radical (unpaired) electrons. The monoisotopic (exact) mass is 210 g/mol. The maximum absolute atomic E-state index is 11.0. The largest absolute Gasteiger partial charge is 0.480 e. The van der Waals surface area contributed by atoms with Gasteiger partial charge >= 0.3 is 5.97 Å². The first-order valence-electron chi connectivity index (χ1n) is 4.14. The molecule has 0 unspecified atom stereocenters. The fourth-order valence-corrected chi connectivity index (χ4v) is 1.25. The molecule has 0 heterocycles. The summed E-state index contributed by atoms with van der Waals surface area (Å²) in [4.78, 5) is 11.0. The molecule has 0 saturated carbocycles. The summed E-state index contributed by atoms with van der Waals surface area (Å²) in [5, 5.41) is 9.64. The predicted octanol–water partition coefficient (Wildman–Crippen LogP) is 2.87. The zero-order valence-corrected chi connectivity index (χ0v) is 8.58. The minimum atomic E-state index is -1.05. The summed E-state index contributed by atoms with van der Waals surface area (Å²) in [5.41, 5.74) is -0.380. The topological polar surface area (TPSA) is 37.3 Å². The number of rotatable bonds is 3. The highest BCUT2D eigenvalue weighted by Crippen LogP contribution is 2.26. The summed E-state index contributed by atoms with van der Waals surface area (Å²) in [7, 11) is 0. The zero-order valence-electron chi connectivity index (χ0n) is 7.83. The maximum Gasteiger partial charge on any atom is 0.317 e. The Morgan fingerprint density at radius 3 is 2.36 bits per heavy atom. The second kappa shape index (κ2) is 3.84. The summed E-state index contributed by atoms with van der Waals surface area (Å²) in [6.07, 6.45) is 1.42. The van der Waals surface area contributed by atoms with Crippen molar-refractivity contribution in [3.05, 3.63) is 47.5 Å². The van der Waals surface area contributed by atoms with E-state index in [0.717, 1.165) is 0 Å². The lowest BCUT2D eigenvalue weighted by molar-refractivity contribution is -0.141. The highest BCUT2D eigenvalue weighted by molar-refractivity contribution is 6.30. The van der Waals surface area contributed by atoms with Crippen LogP contribution in [0.1, 0.15) is 12.5 Å². The van der Waals surface area contributed by atoms with Gasteiger partial charge in [-0.15, -0.1) is 6.58 Å². The molecule has 0 amide bonds. The molecule has 3 heteroatoms. The molecule has 0 fully saturated rings. The fraction of sp³-hybridized carbons (Fsp3) is 0.182. The van der Waals surface area contributed by atoms with E-state index >= 15 is 0 Å². The summed E-state index contributed by atoms with van der Waals surface area (Å²) in [5.74, 6) is -0.921. The van der Waals surface area contributed by atoms with Crippen molar-refractivity contribution in [2.45, 2.75) is 12.3 Å². The third-order valence-electron chi connectivity index (χ3n) is 2.30. The molecule has 14 heavy (non-hydrogen) atoms. The third-order valence-corrected chi connectivity index (χ3v) is 2.55. The number of carbonyl (C=O) groups is 1. The number of hydrogen-bond acceptors (Lipinski definition) is 1. The first kappa shape index (κ1) is 10.8. The molecule has 0 aliphatic rings. The number of halogens is 1. The lowest BCUT2D eigenvalue weighted by Gasteiger charge is -2.20. The van der Waals surface area contributed by atoms with Gasteiger partial charge in [0.1, 0.15) is 5.41 Å². The molecule has 74 valence electrons. The van der Waals surface area contributed by atoms with Gasteiger partial charge in [0.05, 0.1) is 0 Å². The van der Waals surface area contributed by atoms with Crippen LogP contribution in [0.4, 0.5) is 0 Å². The van der Waals surface area contributed by atoms with Gasteiger partial charge in [-0.3, -0.25) is 4.79 Å². The van der Waals surface area contributed by atoms with Crippen LogP contribution in [0.15, 0.2) is 36.9 Å². The van der Waals surface area contributed by atoms with E-state index in [1.165, 1.54) is 6.08 Å². The molecule has 1 aromatic carbocycles. The lowest BCUT2D eigenvalue weighted by atomic mass is 9.83. The Balaban J connectivity index is 3.19.